The molecule has 12 N–H and O–H groups in total. The van der Waals surface area contributed by atoms with Gasteiger partial charge < -0.3 is 48.1 Å². The molecule has 0 aliphatic carbocycles. The number of rotatable bonds is 18. The maximum absolute atomic E-state index is 13.0. The van der Waals surface area contributed by atoms with E-state index < -0.39 is 18.1 Å². The van der Waals surface area contributed by atoms with Crippen LogP contribution in [0, 0.1) is 0 Å². The van der Waals surface area contributed by atoms with Crippen molar-refractivity contribution in [2.75, 3.05) is 39.3 Å². The predicted octanol–water partition coefficient (Wildman–Crippen LogP) is 1.79. The summed E-state index contributed by atoms with van der Waals surface area (Å²) in [5.41, 5.74) is 24.8. The molecule has 0 spiro atoms. The summed E-state index contributed by atoms with van der Waals surface area (Å²) in [6.45, 7) is 2.42. The molecular formula is C39H48N10O3. The van der Waals surface area contributed by atoms with Gasteiger partial charge in [0.2, 0.25) is 17.7 Å². The number of carbonyl (C=O) groups is 3. The second kappa shape index (κ2) is 17.2. The fourth-order valence-electron chi connectivity index (χ4n) is 6.63. The molecule has 6 rings (SSSR count). The molecule has 0 saturated carbocycles. The number of carbonyl (C=O) groups excluding carboxylic acids is 3. The summed E-state index contributed by atoms with van der Waals surface area (Å²) >= 11 is 0. The van der Waals surface area contributed by atoms with E-state index in [2.05, 4.69) is 35.8 Å². The van der Waals surface area contributed by atoms with E-state index in [0.29, 0.717) is 58.5 Å². The number of aromatic nitrogens is 3. The fraction of sp³-hybridized carbons (Fsp3) is 0.308. The number of amides is 3. The molecule has 6 aromatic rings. The van der Waals surface area contributed by atoms with Crippen LogP contribution in [-0.2, 0) is 33.6 Å². The first-order valence-electron chi connectivity index (χ1n) is 17.7. The normalized spacial score (nSPS) is 13.4. The second-order valence-electron chi connectivity index (χ2n) is 13.2. The first-order valence-corrected chi connectivity index (χ1v) is 17.7. The Bertz CT molecular complexity index is 1880. The van der Waals surface area contributed by atoms with E-state index in [0.717, 1.165) is 49.4 Å². The van der Waals surface area contributed by atoms with Gasteiger partial charge in [-0.2, -0.15) is 0 Å². The molecule has 3 aromatic carbocycles. The Morgan fingerprint density at radius 1 is 0.500 bits per heavy atom. The Labute approximate surface area is 302 Å². The zero-order valence-electron chi connectivity index (χ0n) is 29.2. The van der Waals surface area contributed by atoms with Crippen molar-refractivity contribution < 1.29 is 14.4 Å². The van der Waals surface area contributed by atoms with Crippen LogP contribution < -0.4 is 33.2 Å². The molecule has 3 atom stereocenters. The summed E-state index contributed by atoms with van der Waals surface area (Å²) in [5, 5.41) is 12.0. The fourth-order valence-corrected chi connectivity index (χ4v) is 6.63. The van der Waals surface area contributed by atoms with Crippen LogP contribution in [0.25, 0.3) is 32.7 Å². The Kier molecular flexibility index (Phi) is 12.0. The molecule has 3 heterocycles. The number of benzene rings is 3. The van der Waals surface area contributed by atoms with Crippen molar-refractivity contribution in [2.45, 2.75) is 37.4 Å². The van der Waals surface area contributed by atoms with E-state index >= 15 is 0 Å². The maximum atomic E-state index is 13.0. The number of nitrogens with two attached hydrogens (primary N) is 3. The van der Waals surface area contributed by atoms with Gasteiger partial charge in [0.25, 0.3) is 0 Å². The molecule has 0 aliphatic heterocycles. The highest BCUT2D eigenvalue weighted by atomic mass is 16.2. The Hall–Kier alpha value is -5.47. The predicted molar refractivity (Wildman–Crippen MR) is 205 cm³/mol. The van der Waals surface area contributed by atoms with Gasteiger partial charge in [-0.3, -0.25) is 19.3 Å². The summed E-state index contributed by atoms with van der Waals surface area (Å²) in [7, 11) is 0. The number of H-pyrrole nitrogens is 3. The lowest BCUT2D eigenvalue weighted by molar-refractivity contribution is -0.122. The van der Waals surface area contributed by atoms with Crippen molar-refractivity contribution in [2.24, 2.45) is 17.2 Å². The van der Waals surface area contributed by atoms with Crippen LogP contribution in [0.2, 0.25) is 0 Å². The van der Waals surface area contributed by atoms with Crippen molar-refractivity contribution in [3.8, 4) is 0 Å². The van der Waals surface area contributed by atoms with Crippen molar-refractivity contribution in [3.63, 3.8) is 0 Å². The van der Waals surface area contributed by atoms with Crippen LogP contribution in [0.1, 0.15) is 16.7 Å². The van der Waals surface area contributed by atoms with Gasteiger partial charge in [0.15, 0.2) is 0 Å². The quantitative estimate of drug-likeness (QED) is 0.0646. The Morgan fingerprint density at radius 3 is 1.10 bits per heavy atom. The van der Waals surface area contributed by atoms with Gasteiger partial charge in [-0.05, 0) is 54.2 Å². The molecule has 3 amide bonds. The summed E-state index contributed by atoms with van der Waals surface area (Å²) in [6.07, 6.45) is 6.86. The number of para-hydroxylation sites is 3. The third-order valence-electron chi connectivity index (χ3n) is 9.54. The first-order chi connectivity index (χ1) is 25.3. The Balaban J connectivity index is 0.993. The SMILES string of the molecule is N[C@H](Cc1c[nH]c2ccccc12)C(=O)NCCN(CCNC(=O)[C@H](N)Cc1c[nH]c2ccccc12)CCNC(=O)[C@H](N)Cc1c[nH]c2ccccc12. The van der Waals surface area contributed by atoms with Crippen molar-refractivity contribution >= 4 is 50.4 Å². The van der Waals surface area contributed by atoms with Gasteiger partial charge >= 0.3 is 0 Å². The third-order valence-corrected chi connectivity index (χ3v) is 9.54. The highest BCUT2D eigenvalue weighted by molar-refractivity contribution is 5.88. The van der Waals surface area contributed by atoms with Crippen LogP contribution >= 0.6 is 0 Å². The van der Waals surface area contributed by atoms with E-state index in [1.165, 1.54) is 0 Å². The van der Waals surface area contributed by atoms with Crippen molar-refractivity contribution in [1.82, 2.24) is 35.8 Å². The Morgan fingerprint density at radius 2 is 0.788 bits per heavy atom. The number of nitrogens with one attached hydrogen (secondary N) is 6. The summed E-state index contributed by atoms with van der Waals surface area (Å²) in [6, 6.07) is 21.6. The number of nitrogens with zero attached hydrogens (tertiary/aromatic N) is 1. The smallest absolute Gasteiger partial charge is 0.237 e. The van der Waals surface area contributed by atoms with Crippen molar-refractivity contribution in [3.05, 3.63) is 108 Å². The van der Waals surface area contributed by atoms with Crippen LogP contribution in [0.3, 0.4) is 0 Å². The summed E-state index contributed by atoms with van der Waals surface area (Å²) in [5.74, 6) is -0.755. The number of fused-ring (bicyclic) bond motifs is 3. The third kappa shape index (κ3) is 9.06. The van der Waals surface area contributed by atoms with E-state index in [9.17, 15) is 14.4 Å². The molecule has 0 radical (unpaired) electrons. The van der Waals surface area contributed by atoms with Gasteiger partial charge in [0.05, 0.1) is 18.1 Å². The van der Waals surface area contributed by atoms with Gasteiger partial charge in [0.1, 0.15) is 0 Å². The van der Waals surface area contributed by atoms with E-state index in [1.54, 1.807) is 0 Å². The minimum atomic E-state index is -0.719. The van der Waals surface area contributed by atoms with Crippen LogP contribution in [0.4, 0.5) is 0 Å². The number of hydrogen-bond acceptors (Lipinski definition) is 7. The highest BCUT2D eigenvalue weighted by Gasteiger charge is 2.20. The zero-order chi connectivity index (χ0) is 36.5. The average molecular weight is 705 g/mol. The van der Waals surface area contributed by atoms with E-state index in [1.807, 2.05) is 91.4 Å². The molecule has 13 nitrogen and oxygen atoms in total. The zero-order valence-corrected chi connectivity index (χ0v) is 29.2. The first kappa shape index (κ1) is 36.3. The molecule has 13 heteroatoms. The van der Waals surface area contributed by atoms with Gasteiger partial charge in [-0.1, -0.05) is 54.6 Å². The molecule has 0 fully saturated rings. The molecule has 3 aromatic heterocycles. The van der Waals surface area contributed by atoms with Crippen LogP contribution in [0.15, 0.2) is 91.4 Å². The largest absolute Gasteiger partial charge is 0.361 e. The second-order valence-corrected chi connectivity index (χ2v) is 13.2. The lowest BCUT2D eigenvalue weighted by Gasteiger charge is -2.24. The molecule has 272 valence electrons. The standard InChI is InChI=1S/C39H48N10O3/c40-31(19-25-22-46-34-10-4-1-7-28(25)34)37(50)43-13-16-49(17-14-44-38(51)32(41)20-26-23-47-35-11-5-2-8-29(26)35)18-15-45-39(52)33(42)21-27-24-48-36-12-6-3-9-30(27)36/h1-12,22-24,31-33,46-48H,13-21,40-42H2,(H,43,50)(H,44,51)(H,45,52)/t31-,32-,33-/m1/s1. The van der Waals surface area contributed by atoms with Crippen LogP contribution in [-0.4, -0.2) is 95.0 Å². The van der Waals surface area contributed by atoms with Gasteiger partial charge in [-0.25, -0.2) is 0 Å². The molecule has 52 heavy (non-hydrogen) atoms. The lowest BCUT2D eigenvalue weighted by atomic mass is 10.1. The molecule has 0 aliphatic rings. The monoisotopic (exact) mass is 704 g/mol. The van der Waals surface area contributed by atoms with E-state index in [4.69, 9.17) is 17.2 Å². The van der Waals surface area contributed by atoms with Crippen molar-refractivity contribution in [1.29, 1.82) is 0 Å². The number of aromatic amines is 3. The molecule has 0 saturated heterocycles. The average Bonchev–Trinajstić information content (AvgIpc) is 3.88. The molecule has 0 bridgehead atoms. The van der Waals surface area contributed by atoms with Gasteiger partial charge in [-0.15, -0.1) is 0 Å². The highest BCUT2D eigenvalue weighted by Crippen LogP contribution is 2.21. The molecule has 0 unspecified atom stereocenters. The maximum Gasteiger partial charge on any atom is 0.237 e. The molecular weight excluding hydrogens is 656 g/mol. The lowest BCUT2D eigenvalue weighted by Crippen LogP contribution is -2.49. The minimum absolute atomic E-state index is 0.252. The number of hydrogen-bond donors (Lipinski definition) is 9. The van der Waals surface area contributed by atoms with Crippen LogP contribution in [0.5, 0.6) is 0 Å². The topological polar surface area (TPSA) is 216 Å². The summed E-state index contributed by atoms with van der Waals surface area (Å²) in [4.78, 5) is 50.6. The minimum Gasteiger partial charge on any atom is -0.361 e. The van der Waals surface area contributed by atoms with E-state index in [-0.39, 0.29) is 17.7 Å². The summed E-state index contributed by atoms with van der Waals surface area (Å²) < 4.78 is 0. The van der Waals surface area contributed by atoms with Gasteiger partial charge in [0, 0.05) is 90.6 Å².